The molecule has 0 saturated heterocycles. The molecule has 1 amide bonds. The number of carbonyl (C=O) groups excluding carboxylic acids is 3. The van der Waals surface area contributed by atoms with Crippen LogP contribution in [0.2, 0.25) is 0 Å². The summed E-state index contributed by atoms with van der Waals surface area (Å²) in [6, 6.07) is -0.534. The van der Waals surface area contributed by atoms with Gasteiger partial charge in [-0.1, -0.05) is 18.6 Å². The molecule has 2 heterocycles. The van der Waals surface area contributed by atoms with Gasteiger partial charge in [0.15, 0.2) is 6.10 Å². The van der Waals surface area contributed by atoms with Crippen LogP contribution >= 0.6 is 0 Å². The van der Waals surface area contributed by atoms with E-state index in [1.807, 2.05) is 32.9 Å². The van der Waals surface area contributed by atoms with Gasteiger partial charge in [0.2, 0.25) is 0 Å². The van der Waals surface area contributed by atoms with Crippen molar-refractivity contribution in [2.45, 2.75) is 90.0 Å². The molecular weight excluding hydrogens is 374 g/mol. The lowest BCUT2D eigenvalue weighted by molar-refractivity contribution is -0.164. The number of esters is 2. The van der Waals surface area contributed by atoms with Crippen molar-refractivity contribution in [3.05, 3.63) is 23.3 Å². The zero-order valence-electron chi connectivity index (χ0n) is 17.9. The average Bonchev–Trinajstić information content (AvgIpc) is 2.85. The van der Waals surface area contributed by atoms with Crippen molar-refractivity contribution >= 4 is 18.0 Å². The van der Waals surface area contributed by atoms with Gasteiger partial charge in [0, 0.05) is 0 Å². The topological polar surface area (TPSA) is 82.1 Å². The second-order valence-corrected chi connectivity index (χ2v) is 8.89. The third-order valence-electron chi connectivity index (χ3n) is 5.69. The minimum atomic E-state index is -1.01. The van der Waals surface area contributed by atoms with E-state index in [4.69, 9.17) is 14.2 Å². The van der Waals surface area contributed by atoms with Gasteiger partial charge < -0.3 is 14.2 Å². The molecule has 160 valence electrons. The monoisotopic (exact) mass is 405 g/mol. The van der Waals surface area contributed by atoms with Crippen molar-refractivity contribution in [2.24, 2.45) is 0 Å². The lowest BCUT2D eigenvalue weighted by atomic mass is 9.75. The van der Waals surface area contributed by atoms with Gasteiger partial charge in [-0.2, -0.15) is 0 Å². The second-order valence-electron chi connectivity index (χ2n) is 8.89. The van der Waals surface area contributed by atoms with E-state index in [1.54, 1.807) is 11.8 Å². The van der Waals surface area contributed by atoms with Gasteiger partial charge in [-0.15, -0.1) is 0 Å². The fourth-order valence-corrected chi connectivity index (χ4v) is 4.47. The molecule has 0 radical (unpaired) electrons. The zero-order valence-corrected chi connectivity index (χ0v) is 17.9. The Kier molecular flexibility index (Phi) is 5.79. The molecule has 1 saturated carbocycles. The summed E-state index contributed by atoms with van der Waals surface area (Å²) in [5, 5.41) is 0. The molecule has 29 heavy (non-hydrogen) atoms. The highest BCUT2D eigenvalue weighted by Gasteiger charge is 2.55. The molecule has 7 nitrogen and oxygen atoms in total. The molecule has 7 heteroatoms. The van der Waals surface area contributed by atoms with Gasteiger partial charge in [-0.25, -0.2) is 14.4 Å². The first-order valence-corrected chi connectivity index (χ1v) is 10.4. The number of hydrogen-bond donors (Lipinski definition) is 0. The van der Waals surface area contributed by atoms with Crippen LogP contribution in [0.25, 0.3) is 0 Å². The Labute approximate surface area is 172 Å². The standard InChI is InChI=1S/C22H31NO6/c1-6-27-18(24)14(2)28-19(25)16-10-12-22-11-8-7-9-15(22)13-17(16)23(22)20(26)29-21(3,4)5/h10,13-14,17H,6-9,11-12H2,1-5H3/t14-,17+,22+/m0/s1. The van der Waals surface area contributed by atoms with Crippen LogP contribution in [-0.2, 0) is 23.8 Å². The first-order chi connectivity index (χ1) is 13.6. The Bertz CT molecular complexity index is 762. The number of fused-ring (bicyclic) bond motifs is 1. The summed E-state index contributed by atoms with van der Waals surface area (Å²) < 4.78 is 15.9. The normalized spacial score (nSPS) is 26.7. The maximum atomic E-state index is 13.1. The van der Waals surface area contributed by atoms with Gasteiger partial charge in [0.05, 0.1) is 23.8 Å². The van der Waals surface area contributed by atoms with E-state index >= 15 is 0 Å². The molecule has 0 N–H and O–H groups in total. The molecular formula is C22H31NO6. The van der Waals surface area contributed by atoms with E-state index < -0.39 is 41.3 Å². The summed E-state index contributed by atoms with van der Waals surface area (Å²) in [6.45, 7) is 8.88. The van der Waals surface area contributed by atoms with Gasteiger partial charge in [-0.05, 0) is 65.9 Å². The molecule has 2 bridgehead atoms. The summed E-state index contributed by atoms with van der Waals surface area (Å²) >= 11 is 0. The minimum absolute atomic E-state index is 0.215. The Morgan fingerprint density at radius 1 is 1.28 bits per heavy atom. The smallest absolute Gasteiger partial charge is 0.411 e. The highest BCUT2D eigenvalue weighted by molar-refractivity contribution is 5.94. The third-order valence-corrected chi connectivity index (χ3v) is 5.69. The number of rotatable bonds is 4. The zero-order chi connectivity index (χ0) is 21.4. The second kappa shape index (κ2) is 7.84. The quantitative estimate of drug-likeness (QED) is 0.403. The maximum Gasteiger partial charge on any atom is 0.411 e. The predicted molar refractivity (Wildman–Crippen MR) is 106 cm³/mol. The minimum Gasteiger partial charge on any atom is -0.463 e. The highest BCUT2D eigenvalue weighted by Crippen LogP contribution is 2.51. The van der Waals surface area contributed by atoms with Crippen LogP contribution < -0.4 is 0 Å². The summed E-state index contributed by atoms with van der Waals surface area (Å²) in [6.07, 6.45) is 6.85. The molecule has 2 aliphatic heterocycles. The largest absolute Gasteiger partial charge is 0.463 e. The van der Waals surface area contributed by atoms with E-state index in [1.165, 1.54) is 12.5 Å². The molecule has 1 spiro atoms. The van der Waals surface area contributed by atoms with Crippen molar-refractivity contribution < 1.29 is 28.6 Å². The Balaban J connectivity index is 1.87. The summed E-state index contributed by atoms with van der Waals surface area (Å²) in [7, 11) is 0. The van der Waals surface area contributed by atoms with Crippen LogP contribution in [0.4, 0.5) is 4.79 Å². The lowest BCUT2D eigenvalue weighted by Crippen LogP contribution is -2.57. The summed E-state index contributed by atoms with van der Waals surface area (Å²) in [5.74, 6) is -1.19. The SMILES string of the molecule is CCOC(=O)[C@H](C)OC(=O)C1=CC[C@]23CCCCC2=C[C@H]1N3C(=O)OC(C)(C)C. The number of amides is 1. The van der Waals surface area contributed by atoms with Crippen LogP contribution in [-0.4, -0.2) is 52.8 Å². The van der Waals surface area contributed by atoms with Gasteiger partial charge in [-0.3, -0.25) is 4.90 Å². The number of carbonyl (C=O) groups is 3. The number of ether oxygens (including phenoxy) is 3. The van der Waals surface area contributed by atoms with E-state index in [-0.39, 0.29) is 6.61 Å². The molecule has 3 atom stereocenters. The maximum absolute atomic E-state index is 13.1. The third kappa shape index (κ3) is 4.05. The van der Waals surface area contributed by atoms with Crippen LogP contribution in [0.1, 0.15) is 66.7 Å². The van der Waals surface area contributed by atoms with Crippen molar-refractivity contribution in [1.29, 1.82) is 0 Å². The Morgan fingerprint density at radius 3 is 2.66 bits per heavy atom. The average molecular weight is 405 g/mol. The first kappa shape index (κ1) is 21.4. The van der Waals surface area contributed by atoms with Crippen molar-refractivity contribution in [3.63, 3.8) is 0 Å². The van der Waals surface area contributed by atoms with E-state index in [0.717, 1.165) is 25.7 Å². The molecule has 3 rings (SSSR count). The van der Waals surface area contributed by atoms with Crippen LogP contribution in [0.5, 0.6) is 0 Å². The molecule has 0 aromatic carbocycles. The van der Waals surface area contributed by atoms with Crippen molar-refractivity contribution in [2.75, 3.05) is 6.61 Å². The van der Waals surface area contributed by atoms with Crippen molar-refractivity contribution in [3.8, 4) is 0 Å². The Morgan fingerprint density at radius 2 is 2.00 bits per heavy atom. The fraction of sp³-hybridized carbons (Fsp3) is 0.682. The van der Waals surface area contributed by atoms with Gasteiger partial charge >= 0.3 is 18.0 Å². The summed E-state index contributed by atoms with van der Waals surface area (Å²) in [4.78, 5) is 39.5. The van der Waals surface area contributed by atoms with Gasteiger partial charge in [0.1, 0.15) is 5.60 Å². The van der Waals surface area contributed by atoms with Crippen molar-refractivity contribution in [1.82, 2.24) is 4.90 Å². The predicted octanol–water partition coefficient (Wildman–Crippen LogP) is 3.67. The first-order valence-electron chi connectivity index (χ1n) is 10.4. The Hall–Kier alpha value is -2.31. The number of nitrogens with zero attached hydrogens (tertiary/aromatic N) is 1. The number of hydrogen-bond acceptors (Lipinski definition) is 6. The summed E-state index contributed by atoms with van der Waals surface area (Å²) in [5.41, 5.74) is 0.515. The van der Waals surface area contributed by atoms with Gasteiger partial charge in [0.25, 0.3) is 0 Å². The van der Waals surface area contributed by atoms with Crippen LogP contribution in [0, 0.1) is 0 Å². The molecule has 3 aliphatic rings. The molecule has 0 aromatic heterocycles. The molecule has 1 aliphatic carbocycles. The lowest BCUT2D eigenvalue weighted by Gasteiger charge is -2.47. The van der Waals surface area contributed by atoms with E-state index in [0.29, 0.717) is 12.0 Å². The highest BCUT2D eigenvalue weighted by atomic mass is 16.6. The van der Waals surface area contributed by atoms with E-state index in [2.05, 4.69) is 0 Å². The molecule has 0 aromatic rings. The molecule has 1 fully saturated rings. The van der Waals surface area contributed by atoms with Crippen LogP contribution in [0.15, 0.2) is 23.3 Å². The van der Waals surface area contributed by atoms with Crippen LogP contribution in [0.3, 0.4) is 0 Å². The molecule has 0 unspecified atom stereocenters. The van der Waals surface area contributed by atoms with E-state index in [9.17, 15) is 14.4 Å². The fourth-order valence-electron chi connectivity index (χ4n) is 4.47.